The molecule has 1 fully saturated rings. The van der Waals surface area contributed by atoms with Crippen molar-refractivity contribution in [2.75, 3.05) is 71.0 Å². The van der Waals surface area contributed by atoms with Crippen LogP contribution in [0.3, 0.4) is 0 Å². The molecule has 1 aromatic rings. The lowest BCUT2D eigenvalue weighted by molar-refractivity contribution is 0.197. The second-order valence-corrected chi connectivity index (χ2v) is 6.34. The summed E-state index contributed by atoms with van der Waals surface area (Å²) in [7, 11) is 1.71. The first-order valence-corrected chi connectivity index (χ1v) is 9.47. The summed E-state index contributed by atoms with van der Waals surface area (Å²) in [5.74, 6) is 0.687. The number of ether oxygens (including phenoxy) is 1. The zero-order valence-corrected chi connectivity index (χ0v) is 18.7. The lowest BCUT2D eigenvalue weighted by atomic mass is 10.2. The molecule has 0 aliphatic carbocycles. The Kier molecular flexibility index (Phi) is 12.4. The van der Waals surface area contributed by atoms with E-state index in [9.17, 15) is 4.39 Å². The Morgan fingerprint density at radius 1 is 1.15 bits per heavy atom. The number of nitrogens with zero attached hydrogens (tertiary/aromatic N) is 3. The van der Waals surface area contributed by atoms with Gasteiger partial charge in [0, 0.05) is 71.8 Å². The summed E-state index contributed by atoms with van der Waals surface area (Å²) in [5, 5.41) is 6.67. The van der Waals surface area contributed by atoms with Gasteiger partial charge in [-0.2, -0.15) is 0 Å². The van der Waals surface area contributed by atoms with Crippen LogP contribution >= 0.6 is 24.0 Å². The van der Waals surface area contributed by atoms with Gasteiger partial charge in [0.25, 0.3) is 0 Å². The molecule has 154 valence electrons. The number of anilines is 1. The van der Waals surface area contributed by atoms with Crippen LogP contribution in [0.4, 0.5) is 10.1 Å². The van der Waals surface area contributed by atoms with Crippen molar-refractivity contribution in [3.63, 3.8) is 0 Å². The first kappa shape index (κ1) is 23.9. The molecule has 0 atom stereocenters. The van der Waals surface area contributed by atoms with Crippen LogP contribution in [-0.4, -0.2) is 76.9 Å². The maximum Gasteiger partial charge on any atom is 0.191 e. The van der Waals surface area contributed by atoms with Crippen LogP contribution in [0, 0.1) is 5.82 Å². The molecule has 0 radical (unpaired) electrons. The highest BCUT2D eigenvalue weighted by molar-refractivity contribution is 14.0. The summed E-state index contributed by atoms with van der Waals surface area (Å²) in [6.45, 7) is 10.2. The minimum absolute atomic E-state index is 0. The van der Waals surface area contributed by atoms with Crippen molar-refractivity contribution in [3.05, 3.63) is 30.1 Å². The summed E-state index contributed by atoms with van der Waals surface area (Å²) in [6, 6.07) is 6.77. The second-order valence-electron chi connectivity index (χ2n) is 6.34. The van der Waals surface area contributed by atoms with Crippen LogP contribution in [0.5, 0.6) is 0 Å². The molecule has 0 saturated carbocycles. The Morgan fingerprint density at radius 3 is 2.48 bits per heavy atom. The highest BCUT2D eigenvalue weighted by Gasteiger charge is 2.16. The Balaban J connectivity index is 0.00000364. The van der Waals surface area contributed by atoms with Crippen LogP contribution in [-0.2, 0) is 4.74 Å². The molecule has 27 heavy (non-hydrogen) atoms. The fourth-order valence-corrected chi connectivity index (χ4v) is 2.96. The van der Waals surface area contributed by atoms with E-state index in [2.05, 4.69) is 32.3 Å². The standard InChI is InChI=1S/C19H32FN5O.HI/c1-3-21-19(22-9-4-16-26-2)23-10-11-24-12-14-25(15-13-24)18-7-5-17(20)6-8-18;/h5-8H,3-4,9-16H2,1-2H3,(H2,21,22,23);1H. The van der Waals surface area contributed by atoms with E-state index in [1.165, 1.54) is 12.1 Å². The minimum atomic E-state index is -0.182. The number of guanidine groups is 1. The molecule has 2 rings (SSSR count). The average Bonchev–Trinajstić information content (AvgIpc) is 2.66. The molecule has 1 heterocycles. The van der Waals surface area contributed by atoms with Crippen molar-refractivity contribution in [1.29, 1.82) is 0 Å². The molecule has 1 aliphatic heterocycles. The number of piperazine rings is 1. The van der Waals surface area contributed by atoms with Gasteiger partial charge < -0.3 is 20.3 Å². The molecule has 0 unspecified atom stereocenters. The van der Waals surface area contributed by atoms with E-state index in [1.807, 2.05) is 12.1 Å². The van der Waals surface area contributed by atoms with E-state index < -0.39 is 0 Å². The van der Waals surface area contributed by atoms with Gasteiger partial charge in [-0.15, -0.1) is 24.0 Å². The highest BCUT2D eigenvalue weighted by atomic mass is 127. The predicted molar refractivity (Wildman–Crippen MR) is 121 cm³/mol. The summed E-state index contributed by atoms with van der Waals surface area (Å²) in [5.41, 5.74) is 1.10. The number of methoxy groups -OCH3 is 1. The molecule has 0 aromatic heterocycles. The lowest BCUT2D eigenvalue weighted by Crippen LogP contribution is -2.49. The van der Waals surface area contributed by atoms with E-state index >= 15 is 0 Å². The molecule has 0 spiro atoms. The molecular formula is C19H33FIN5O. The molecule has 0 amide bonds. The summed E-state index contributed by atoms with van der Waals surface area (Å²) >= 11 is 0. The van der Waals surface area contributed by atoms with E-state index in [4.69, 9.17) is 4.74 Å². The minimum Gasteiger partial charge on any atom is -0.385 e. The quantitative estimate of drug-likeness (QED) is 0.239. The van der Waals surface area contributed by atoms with Crippen LogP contribution in [0.1, 0.15) is 13.3 Å². The van der Waals surface area contributed by atoms with Gasteiger partial charge in [0.1, 0.15) is 5.82 Å². The molecule has 2 N–H and O–H groups in total. The first-order chi connectivity index (χ1) is 12.7. The van der Waals surface area contributed by atoms with Gasteiger partial charge in [-0.3, -0.25) is 9.89 Å². The fourth-order valence-electron chi connectivity index (χ4n) is 2.96. The molecular weight excluding hydrogens is 460 g/mol. The number of hydrogen-bond acceptors (Lipinski definition) is 4. The smallest absolute Gasteiger partial charge is 0.191 e. The maximum atomic E-state index is 13.0. The van der Waals surface area contributed by atoms with Gasteiger partial charge in [-0.1, -0.05) is 0 Å². The van der Waals surface area contributed by atoms with Gasteiger partial charge in [-0.25, -0.2) is 4.39 Å². The monoisotopic (exact) mass is 493 g/mol. The van der Waals surface area contributed by atoms with E-state index in [0.717, 1.165) is 77.0 Å². The van der Waals surface area contributed by atoms with Gasteiger partial charge in [-0.05, 0) is 37.6 Å². The Hall–Kier alpha value is -1.13. The number of benzene rings is 1. The summed E-state index contributed by atoms with van der Waals surface area (Å²) in [4.78, 5) is 9.31. The predicted octanol–water partition coefficient (Wildman–Crippen LogP) is 2.16. The normalized spacial score (nSPS) is 15.4. The number of halogens is 2. The van der Waals surface area contributed by atoms with Crippen molar-refractivity contribution in [3.8, 4) is 0 Å². The third-order valence-corrected chi connectivity index (χ3v) is 4.41. The van der Waals surface area contributed by atoms with Crippen LogP contribution in [0.2, 0.25) is 0 Å². The number of hydrogen-bond donors (Lipinski definition) is 2. The summed E-state index contributed by atoms with van der Waals surface area (Å²) in [6.07, 6.45) is 0.929. The van der Waals surface area contributed by atoms with Crippen LogP contribution in [0.15, 0.2) is 29.3 Å². The lowest BCUT2D eigenvalue weighted by Gasteiger charge is -2.36. The van der Waals surface area contributed by atoms with Crippen LogP contribution < -0.4 is 15.5 Å². The van der Waals surface area contributed by atoms with E-state index in [1.54, 1.807) is 7.11 Å². The average molecular weight is 493 g/mol. The van der Waals surface area contributed by atoms with Crippen molar-refractivity contribution < 1.29 is 9.13 Å². The molecule has 6 nitrogen and oxygen atoms in total. The molecule has 1 aromatic carbocycles. The largest absolute Gasteiger partial charge is 0.385 e. The summed E-state index contributed by atoms with van der Waals surface area (Å²) < 4.78 is 18.1. The van der Waals surface area contributed by atoms with Gasteiger partial charge >= 0.3 is 0 Å². The van der Waals surface area contributed by atoms with E-state index in [0.29, 0.717) is 0 Å². The Morgan fingerprint density at radius 2 is 1.85 bits per heavy atom. The number of nitrogens with one attached hydrogen (secondary N) is 2. The SMILES string of the molecule is CCNC(=NCCCOC)NCCN1CCN(c2ccc(F)cc2)CC1.I. The maximum absolute atomic E-state index is 13.0. The molecule has 1 aliphatic rings. The van der Waals surface area contributed by atoms with Gasteiger partial charge in [0.2, 0.25) is 0 Å². The highest BCUT2D eigenvalue weighted by Crippen LogP contribution is 2.16. The fraction of sp³-hybridized carbons (Fsp3) is 0.632. The first-order valence-electron chi connectivity index (χ1n) is 9.47. The van der Waals surface area contributed by atoms with Gasteiger partial charge in [0.05, 0.1) is 0 Å². The third-order valence-electron chi connectivity index (χ3n) is 4.41. The molecule has 8 heteroatoms. The van der Waals surface area contributed by atoms with Crippen molar-refractivity contribution >= 4 is 35.6 Å². The Labute approximate surface area is 179 Å². The topological polar surface area (TPSA) is 52.1 Å². The van der Waals surface area contributed by atoms with Crippen molar-refractivity contribution in [2.24, 2.45) is 4.99 Å². The zero-order chi connectivity index (χ0) is 18.6. The zero-order valence-electron chi connectivity index (χ0n) is 16.4. The third kappa shape index (κ3) is 9.07. The molecule has 1 saturated heterocycles. The van der Waals surface area contributed by atoms with Crippen molar-refractivity contribution in [1.82, 2.24) is 15.5 Å². The van der Waals surface area contributed by atoms with Gasteiger partial charge in [0.15, 0.2) is 5.96 Å². The van der Waals surface area contributed by atoms with Crippen LogP contribution in [0.25, 0.3) is 0 Å². The number of aliphatic imine (C=N–C) groups is 1. The molecule has 0 bridgehead atoms. The second kappa shape index (κ2) is 14.0. The van der Waals surface area contributed by atoms with E-state index in [-0.39, 0.29) is 29.8 Å². The number of rotatable bonds is 9. The Bertz CT molecular complexity index is 535. The van der Waals surface area contributed by atoms with Crippen molar-refractivity contribution in [2.45, 2.75) is 13.3 Å².